The van der Waals surface area contributed by atoms with Crippen molar-refractivity contribution in [1.82, 2.24) is 0 Å². The highest BCUT2D eigenvalue weighted by Crippen LogP contribution is 2.65. The molecule has 0 amide bonds. The van der Waals surface area contributed by atoms with Gasteiger partial charge in [0.05, 0.1) is 29.4 Å². The molecule has 0 radical (unpaired) electrons. The van der Waals surface area contributed by atoms with Crippen LogP contribution < -0.4 is 0 Å². The molecule has 1 heterocycles. The van der Waals surface area contributed by atoms with Gasteiger partial charge in [-0.05, 0) is 30.2 Å². The zero-order valence-corrected chi connectivity index (χ0v) is 16.3. The average Bonchev–Trinajstić information content (AvgIpc) is 3.03. The van der Waals surface area contributed by atoms with Crippen molar-refractivity contribution in [1.29, 1.82) is 0 Å². The van der Waals surface area contributed by atoms with Gasteiger partial charge in [0.1, 0.15) is 11.9 Å². The summed E-state index contributed by atoms with van der Waals surface area (Å²) in [6.45, 7) is 7.27. The van der Waals surface area contributed by atoms with E-state index >= 15 is 0 Å². The van der Waals surface area contributed by atoms with Crippen LogP contribution in [0.1, 0.15) is 63.1 Å². The van der Waals surface area contributed by atoms with Crippen LogP contribution in [-0.2, 0) is 16.0 Å². The molecule has 2 fully saturated rings. The van der Waals surface area contributed by atoms with Crippen molar-refractivity contribution in [2.75, 3.05) is 0 Å². The number of esters is 1. The summed E-state index contributed by atoms with van der Waals surface area (Å²) in [7, 11) is 0. The minimum absolute atomic E-state index is 0.0916. The summed E-state index contributed by atoms with van der Waals surface area (Å²) in [5, 5.41) is 22.9. The molecular formula is C21H28O6. The van der Waals surface area contributed by atoms with Gasteiger partial charge in [0.15, 0.2) is 5.78 Å². The Morgan fingerprint density at radius 2 is 2.04 bits per heavy atom. The third-order valence-corrected chi connectivity index (χ3v) is 7.86. The molecule has 0 bridgehead atoms. The number of Topliss-reactive ketones (excluding diaryl/α,β-unsaturated/α-hetero) is 1. The van der Waals surface area contributed by atoms with Crippen molar-refractivity contribution >= 4 is 11.8 Å². The first-order valence-corrected chi connectivity index (χ1v) is 9.71. The summed E-state index contributed by atoms with van der Waals surface area (Å²) in [5.41, 5.74) is -2.12. The molecule has 3 aliphatic carbocycles. The number of fused-ring (bicyclic) bond motifs is 4. The molecule has 0 unspecified atom stereocenters. The van der Waals surface area contributed by atoms with E-state index in [0.717, 1.165) is 0 Å². The van der Waals surface area contributed by atoms with Crippen molar-refractivity contribution in [3.05, 3.63) is 23.7 Å². The number of carbonyl (C=O) groups is 2. The third-order valence-electron chi connectivity index (χ3n) is 7.86. The van der Waals surface area contributed by atoms with Gasteiger partial charge in [-0.1, -0.05) is 20.8 Å². The van der Waals surface area contributed by atoms with E-state index in [1.807, 2.05) is 20.8 Å². The SMILES string of the molecule is CC(=O)O[C@H]1CCC(C)(C)[C@]2(O)C[C@H](O)[C@H]3C(=O)c4ccoc4C[C@@H]3[C@@]12C. The smallest absolute Gasteiger partial charge is 0.302 e. The van der Waals surface area contributed by atoms with E-state index in [9.17, 15) is 19.8 Å². The molecule has 1 aromatic heterocycles. The molecule has 27 heavy (non-hydrogen) atoms. The number of furan rings is 1. The summed E-state index contributed by atoms with van der Waals surface area (Å²) in [6, 6.07) is 1.65. The first-order valence-electron chi connectivity index (χ1n) is 9.71. The normalized spacial score (nSPS) is 42.7. The number of aliphatic hydroxyl groups is 2. The molecule has 0 aliphatic heterocycles. The number of carbonyl (C=O) groups excluding carboxylic acids is 2. The van der Waals surface area contributed by atoms with Crippen molar-refractivity contribution < 1.29 is 29.0 Å². The van der Waals surface area contributed by atoms with E-state index in [2.05, 4.69) is 0 Å². The number of rotatable bonds is 1. The van der Waals surface area contributed by atoms with Crippen molar-refractivity contribution in [2.45, 2.75) is 71.2 Å². The molecule has 4 rings (SSSR count). The monoisotopic (exact) mass is 376 g/mol. The first kappa shape index (κ1) is 18.7. The number of hydrogen-bond acceptors (Lipinski definition) is 6. The number of ether oxygens (including phenoxy) is 1. The average molecular weight is 376 g/mol. The molecule has 6 nitrogen and oxygen atoms in total. The Bertz CT molecular complexity index is 794. The Morgan fingerprint density at radius 3 is 2.70 bits per heavy atom. The summed E-state index contributed by atoms with van der Waals surface area (Å²) >= 11 is 0. The Balaban J connectivity index is 1.89. The maximum absolute atomic E-state index is 13.1. The summed E-state index contributed by atoms with van der Waals surface area (Å²) < 4.78 is 11.2. The predicted octanol–water partition coefficient (Wildman–Crippen LogP) is 2.50. The van der Waals surface area contributed by atoms with E-state index in [1.54, 1.807) is 6.07 Å². The fraction of sp³-hybridized carbons (Fsp3) is 0.714. The molecule has 1 aromatic rings. The van der Waals surface area contributed by atoms with Crippen molar-refractivity contribution in [3.63, 3.8) is 0 Å². The molecule has 0 saturated heterocycles. The number of aliphatic hydroxyl groups excluding tert-OH is 1. The lowest BCUT2D eigenvalue weighted by Crippen LogP contribution is -2.74. The van der Waals surface area contributed by atoms with Gasteiger partial charge >= 0.3 is 5.97 Å². The lowest BCUT2D eigenvalue weighted by atomic mass is 9.40. The highest BCUT2D eigenvalue weighted by atomic mass is 16.5. The second-order valence-corrected chi connectivity index (χ2v) is 9.39. The van der Waals surface area contributed by atoms with Crippen molar-refractivity contribution in [2.24, 2.45) is 22.7 Å². The lowest BCUT2D eigenvalue weighted by molar-refractivity contribution is -0.289. The standard InChI is InChI=1S/C21H28O6/c1-11(22)27-16-5-7-19(2,3)21(25)10-14(23)17-13(20(16,21)4)9-15-12(18(17)24)6-8-26-15/h6,8,13-14,16-17,23,25H,5,7,9-10H2,1-4H3/t13-,14-,16-,17-,20-,21+/m0/s1. The molecule has 0 aromatic carbocycles. The Labute approximate surface area is 158 Å². The molecule has 3 aliphatic rings. The van der Waals surface area contributed by atoms with E-state index in [-0.39, 0.29) is 18.1 Å². The second-order valence-electron chi connectivity index (χ2n) is 9.39. The van der Waals surface area contributed by atoms with Gasteiger partial charge in [-0.3, -0.25) is 9.59 Å². The van der Waals surface area contributed by atoms with Gasteiger partial charge in [-0.2, -0.15) is 0 Å². The fourth-order valence-electron chi connectivity index (χ4n) is 6.28. The van der Waals surface area contributed by atoms with Crippen LogP contribution in [0, 0.1) is 22.7 Å². The highest BCUT2D eigenvalue weighted by molar-refractivity contribution is 6.00. The minimum atomic E-state index is -1.27. The highest BCUT2D eigenvalue weighted by Gasteiger charge is 2.71. The van der Waals surface area contributed by atoms with Crippen LogP contribution in [0.15, 0.2) is 16.7 Å². The van der Waals surface area contributed by atoms with Gasteiger partial charge in [-0.15, -0.1) is 0 Å². The minimum Gasteiger partial charge on any atom is -0.469 e. The van der Waals surface area contributed by atoms with Crippen LogP contribution in [-0.4, -0.2) is 39.8 Å². The van der Waals surface area contributed by atoms with Crippen molar-refractivity contribution in [3.8, 4) is 0 Å². The van der Waals surface area contributed by atoms with Gasteiger partial charge in [-0.25, -0.2) is 0 Å². The quantitative estimate of drug-likeness (QED) is 0.731. The predicted molar refractivity (Wildman–Crippen MR) is 96.0 cm³/mol. The zero-order chi connectivity index (χ0) is 19.8. The Kier molecular flexibility index (Phi) is 3.93. The number of hydrogen-bond donors (Lipinski definition) is 2. The van der Waals surface area contributed by atoms with Crippen LogP contribution in [0.2, 0.25) is 0 Å². The van der Waals surface area contributed by atoms with E-state index in [0.29, 0.717) is 30.6 Å². The van der Waals surface area contributed by atoms with E-state index in [1.165, 1.54) is 13.2 Å². The first-order chi connectivity index (χ1) is 12.5. The molecule has 0 spiro atoms. The van der Waals surface area contributed by atoms with Crippen LogP contribution in [0.3, 0.4) is 0 Å². The maximum Gasteiger partial charge on any atom is 0.302 e. The number of ketones is 1. The lowest BCUT2D eigenvalue weighted by Gasteiger charge is -2.67. The van der Waals surface area contributed by atoms with Crippen LogP contribution in [0.5, 0.6) is 0 Å². The fourth-order valence-corrected chi connectivity index (χ4v) is 6.28. The molecule has 2 saturated carbocycles. The molecule has 148 valence electrons. The zero-order valence-electron chi connectivity index (χ0n) is 16.3. The molecule has 6 atom stereocenters. The second kappa shape index (κ2) is 5.67. The summed E-state index contributed by atoms with van der Waals surface area (Å²) in [4.78, 5) is 24.9. The van der Waals surface area contributed by atoms with Gasteiger partial charge < -0.3 is 19.4 Å². The maximum atomic E-state index is 13.1. The third kappa shape index (κ3) is 2.26. The van der Waals surface area contributed by atoms with Gasteiger partial charge in [0, 0.05) is 25.2 Å². The Morgan fingerprint density at radius 1 is 1.33 bits per heavy atom. The Hall–Kier alpha value is -1.66. The molecule has 6 heteroatoms. The summed E-state index contributed by atoms with van der Waals surface area (Å²) in [5.74, 6) is -0.958. The molecular weight excluding hydrogens is 348 g/mol. The largest absolute Gasteiger partial charge is 0.469 e. The van der Waals surface area contributed by atoms with Crippen LogP contribution in [0.4, 0.5) is 0 Å². The summed E-state index contributed by atoms with van der Waals surface area (Å²) in [6.07, 6.45) is 1.84. The molecule has 2 N–H and O–H groups in total. The van der Waals surface area contributed by atoms with Gasteiger partial charge in [0.25, 0.3) is 0 Å². The van der Waals surface area contributed by atoms with E-state index < -0.39 is 40.5 Å². The van der Waals surface area contributed by atoms with Crippen LogP contribution >= 0.6 is 0 Å². The van der Waals surface area contributed by atoms with E-state index in [4.69, 9.17) is 9.15 Å². The van der Waals surface area contributed by atoms with Gasteiger partial charge in [0.2, 0.25) is 0 Å². The van der Waals surface area contributed by atoms with Crippen LogP contribution in [0.25, 0.3) is 0 Å². The topological polar surface area (TPSA) is 97.0 Å².